The lowest BCUT2D eigenvalue weighted by molar-refractivity contribution is -0.137. The smallest absolute Gasteiger partial charge is 0.166 e. The van der Waals surface area contributed by atoms with Crippen molar-refractivity contribution in [1.82, 2.24) is 0 Å². The van der Waals surface area contributed by atoms with Gasteiger partial charge >= 0.3 is 6.18 Å². The van der Waals surface area contributed by atoms with Gasteiger partial charge in [-0.3, -0.25) is 0 Å². The molecule has 19 heavy (non-hydrogen) atoms. The van der Waals surface area contributed by atoms with E-state index >= 15 is 0 Å². The number of halogens is 3. The molecule has 0 bridgehead atoms. The van der Waals surface area contributed by atoms with E-state index in [0.717, 1.165) is 44.1 Å². The Hall–Kier alpha value is -0.990. The molecule has 0 heterocycles. The molecule has 0 fully saturated rings. The van der Waals surface area contributed by atoms with Gasteiger partial charge in [-0.15, -0.1) is 0 Å². The highest BCUT2D eigenvalue weighted by Crippen LogP contribution is 2.32. The summed E-state index contributed by atoms with van der Waals surface area (Å²) in [6.07, 6.45) is 2.43. The third kappa shape index (κ3) is 5.25. The Labute approximate surface area is 114 Å². The fraction of sp³-hybridized carbons (Fsp3) is 0.625. The molecule has 0 nitrogen and oxygen atoms in total. The van der Waals surface area contributed by atoms with Crippen LogP contribution in [0.25, 0.3) is 0 Å². The van der Waals surface area contributed by atoms with Crippen LogP contribution in [0.5, 0.6) is 0 Å². The molecule has 1 aromatic rings. The summed E-state index contributed by atoms with van der Waals surface area (Å²) in [7, 11) is 0. The quantitative estimate of drug-likeness (QED) is 0.557. The van der Waals surface area contributed by atoms with Crippen molar-refractivity contribution in [2.24, 2.45) is 0 Å². The summed E-state index contributed by atoms with van der Waals surface area (Å²) in [4.78, 5) is 0. The van der Waals surface area contributed by atoms with Crippen molar-refractivity contribution < 1.29 is 13.2 Å². The van der Waals surface area contributed by atoms with Crippen LogP contribution in [0.3, 0.4) is 0 Å². The highest BCUT2D eigenvalue weighted by molar-refractivity contribution is 5.27. The molecule has 1 aromatic carbocycles. The van der Waals surface area contributed by atoms with Crippen molar-refractivity contribution in [2.45, 2.75) is 64.5 Å². The van der Waals surface area contributed by atoms with Crippen LogP contribution in [0.15, 0.2) is 24.3 Å². The molecule has 0 spiro atoms. The standard InChI is InChI=1S/C16H23F3/c1-3-5-7-13(8-6-4-2)14-9-11-15(12-10-14)16(17,18)19/h9-13H,3-8H2,1-2H3. The van der Waals surface area contributed by atoms with Gasteiger partial charge in [0.25, 0.3) is 0 Å². The van der Waals surface area contributed by atoms with Gasteiger partial charge in [-0.2, -0.15) is 13.2 Å². The second kappa shape index (κ2) is 7.56. The van der Waals surface area contributed by atoms with E-state index in [1.54, 1.807) is 12.1 Å². The van der Waals surface area contributed by atoms with E-state index in [-0.39, 0.29) is 0 Å². The Bertz CT molecular complexity index is 343. The van der Waals surface area contributed by atoms with Crippen LogP contribution in [-0.4, -0.2) is 0 Å². The molecule has 0 aliphatic heterocycles. The Morgan fingerprint density at radius 2 is 1.37 bits per heavy atom. The molecule has 0 saturated carbocycles. The zero-order valence-corrected chi connectivity index (χ0v) is 11.8. The van der Waals surface area contributed by atoms with E-state index < -0.39 is 11.7 Å². The number of benzene rings is 1. The monoisotopic (exact) mass is 272 g/mol. The highest BCUT2D eigenvalue weighted by Gasteiger charge is 2.30. The van der Waals surface area contributed by atoms with E-state index in [1.165, 1.54) is 12.1 Å². The molecule has 0 aliphatic rings. The molecule has 1 rings (SSSR count). The summed E-state index contributed by atoms with van der Waals surface area (Å²) >= 11 is 0. The van der Waals surface area contributed by atoms with Gasteiger partial charge < -0.3 is 0 Å². The van der Waals surface area contributed by atoms with Crippen molar-refractivity contribution in [1.29, 1.82) is 0 Å². The second-order valence-electron chi connectivity index (χ2n) is 5.10. The Morgan fingerprint density at radius 3 is 1.74 bits per heavy atom. The second-order valence-corrected chi connectivity index (χ2v) is 5.10. The lowest BCUT2D eigenvalue weighted by Crippen LogP contribution is -2.06. The number of hydrogen-bond donors (Lipinski definition) is 0. The van der Waals surface area contributed by atoms with Gasteiger partial charge in [-0.1, -0.05) is 51.7 Å². The molecule has 3 heteroatoms. The zero-order chi connectivity index (χ0) is 14.3. The summed E-state index contributed by atoms with van der Waals surface area (Å²) in [5, 5.41) is 0. The zero-order valence-electron chi connectivity index (χ0n) is 11.8. The number of rotatable bonds is 7. The Morgan fingerprint density at radius 1 is 0.895 bits per heavy atom. The van der Waals surface area contributed by atoms with Crippen LogP contribution in [0.2, 0.25) is 0 Å². The summed E-state index contributed by atoms with van der Waals surface area (Å²) in [5.74, 6) is 0.405. The molecule has 0 atom stereocenters. The van der Waals surface area contributed by atoms with Crippen molar-refractivity contribution in [2.75, 3.05) is 0 Å². The molecule has 0 saturated heterocycles. The van der Waals surface area contributed by atoms with Gasteiger partial charge in [0, 0.05) is 0 Å². The average Bonchev–Trinajstić information content (AvgIpc) is 2.38. The SMILES string of the molecule is CCCCC(CCCC)c1ccc(C(F)(F)F)cc1. The molecular weight excluding hydrogens is 249 g/mol. The van der Waals surface area contributed by atoms with Crippen LogP contribution >= 0.6 is 0 Å². The van der Waals surface area contributed by atoms with Crippen molar-refractivity contribution in [3.63, 3.8) is 0 Å². The van der Waals surface area contributed by atoms with Crippen LogP contribution in [0.1, 0.15) is 69.4 Å². The van der Waals surface area contributed by atoms with Crippen LogP contribution in [0, 0.1) is 0 Å². The topological polar surface area (TPSA) is 0 Å². The van der Waals surface area contributed by atoms with Gasteiger partial charge in [-0.25, -0.2) is 0 Å². The average molecular weight is 272 g/mol. The van der Waals surface area contributed by atoms with E-state index in [2.05, 4.69) is 13.8 Å². The molecule has 0 aliphatic carbocycles. The Balaban J connectivity index is 2.78. The number of hydrogen-bond acceptors (Lipinski definition) is 0. The largest absolute Gasteiger partial charge is 0.416 e. The molecule has 0 aromatic heterocycles. The molecule has 0 radical (unpaired) electrons. The maximum atomic E-state index is 12.5. The lowest BCUT2D eigenvalue weighted by atomic mass is 9.88. The lowest BCUT2D eigenvalue weighted by Gasteiger charge is -2.17. The first-order valence-electron chi connectivity index (χ1n) is 7.16. The maximum absolute atomic E-state index is 12.5. The van der Waals surface area contributed by atoms with Crippen LogP contribution in [-0.2, 0) is 6.18 Å². The van der Waals surface area contributed by atoms with E-state index in [9.17, 15) is 13.2 Å². The predicted molar refractivity (Wildman–Crippen MR) is 73.2 cm³/mol. The summed E-state index contributed by atoms with van der Waals surface area (Å²) in [6, 6.07) is 5.72. The minimum Gasteiger partial charge on any atom is -0.166 e. The highest BCUT2D eigenvalue weighted by atomic mass is 19.4. The van der Waals surface area contributed by atoms with Gasteiger partial charge in [-0.05, 0) is 36.5 Å². The van der Waals surface area contributed by atoms with Crippen LogP contribution < -0.4 is 0 Å². The molecule has 0 N–H and O–H groups in total. The maximum Gasteiger partial charge on any atom is 0.416 e. The number of alkyl halides is 3. The summed E-state index contributed by atoms with van der Waals surface area (Å²) in [6.45, 7) is 4.28. The van der Waals surface area contributed by atoms with E-state index in [4.69, 9.17) is 0 Å². The first-order chi connectivity index (χ1) is 8.99. The first-order valence-corrected chi connectivity index (χ1v) is 7.16. The molecule has 0 amide bonds. The van der Waals surface area contributed by atoms with Gasteiger partial charge in [0.15, 0.2) is 0 Å². The van der Waals surface area contributed by atoms with Crippen molar-refractivity contribution in [3.05, 3.63) is 35.4 Å². The van der Waals surface area contributed by atoms with E-state index in [0.29, 0.717) is 5.92 Å². The normalized spacial score (nSPS) is 12.1. The van der Waals surface area contributed by atoms with Gasteiger partial charge in [0.1, 0.15) is 0 Å². The molecular formula is C16H23F3. The summed E-state index contributed by atoms with van der Waals surface area (Å²) < 4.78 is 37.6. The predicted octanol–water partition coefficient (Wildman–Crippen LogP) is 6.17. The fourth-order valence-electron chi connectivity index (χ4n) is 2.32. The van der Waals surface area contributed by atoms with Gasteiger partial charge in [0.05, 0.1) is 5.56 Å². The molecule has 0 unspecified atom stereocenters. The minimum absolute atomic E-state index is 0.405. The van der Waals surface area contributed by atoms with Crippen LogP contribution in [0.4, 0.5) is 13.2 Å². The number of unbranched alkanes of at least 4 members (excludes halogenated alkanes) is 2. The Kier molecular flexibility index (Phi) is 6.40. The third-order valence-electron chi connectivity index (χ3n) is 3.52. The van der Waals surface area contributed by atoms with E-state index in [1.807, 2.05) is 0 Å². The van der Waals surface area contributed by atoms with Gasteiger partial charge in [0.2, 0.25) is 0 Å². The first kappa shape index (κ1) is 16.1. The third-order valence-corrected chi connectivity index (χ3v) is 3.52. The molecule has 108 valence electrons. The van der Waals surface area contributed by atoms with Crippen molar-refractivity contribution >= 4 is 0 Å². The van der Waals surface area contributed by atoms with Crippen molar-refractivity contribution in [3.8, 4) is 0 Å². The fourth-order valence-corrected chi connectivity index (χ4v) is 2.32. The summed E-state index contributed by atoms with van der Waals surface area (Å²) in [5.41, 5.74) is 0.496. The minimum atomic E-state index is -4.24.